The summed E-state index contributed by atoms with van der Waals surface area (Å²) < 4.78 is 22.0. The monoisotopic (exact) mass is 389 g/mol. The molecule has 0 saturated carbocycles. The van der Waals surface area contributed by atoms with Gasteiger partial charge in [-0.3, -0.25) is 9.20 Å². The van der Waals surface area contributed by atoms with Crippen molar-refractivity contribution < 1.29 is 8.91 Å². The Hall–Kier alpha value is -3.81. The van der Waals surface area contributed by atoms with E-state index >= 15 is 0 Å². The van der Waals surface area contributed by atoms with Crippen molar-refractivity contribution in [3.63, 3.8) is 0 Å². The Kier molecular flexibility index (Phi) is 3.80. The molecule has 0 bridgehead atoms. The van der Waals surface area contributed by atoms with Gasteiger partial charge in [0.25, 0.3) is 11.4 Å². The quantitative estimate of drug-likeness (QED) is 0.464. The summed E-state index contributed by atoms with van der Waals surface area (Å²) in [6.07, 6.45) is 1.58. The predicted octanol–water partition coefficient (Wildman–Crippen LogP) is 4.09. The maximum absolute atomic E-state index is 13.3. The second kappa shape index (κ2) is 6.37. The average Bonchev–Trinajstić information content (AvgIpc) is 3.36. The van der Waals surface area contributed by atoms with Gasteiger partial charge in [0.2, 0.25) is 5.82 Å². The molecule has 0 N–H and O–H groups in total. The standard InChI is InChI=1S/C21H16FN5O2/c1-12(2)27-16-6-4-3-5-15(16)26-11-23-17(18(26)21(27)28)20-24-19(25-29-20)13-7-9-14(22)10-8-13/h3-12H,1-2H3. The van der Waals surface area contributed by atoms with Crippen molar-refractivity contribution in [1.82, 2.24) is 24.1 Å². The van der Waals surface area contributed by atoms with Crippen LogP contribution in [0.4, 0.5) is 4.39 Å². The Morgan fingerprint density at radius 3 is 2.48 bits per heavy atom. The second-order valence-corrected chi connectivity index (χ2v) is 7.00. The van der Waals surface area contributed by atoms with E-state index in [0.717, 1.165) is 11.0 Å². The van der Waals surface area contributed by atoms with E-state index in [4.69, 9.17) is 4.52 Å². The minimum Gasteiger partial charge on any atom is -0.332 e. The molecule has 7 nitrogen and oxygen atoms in total. The molecular formula is C21H16FN5O2. The molecule has 0 aliphatic heterocycles. The van der Waals surface area contributed by atoms with Gasteiger partial charge in [0.05, 0.1) is 11.0 Å². The van der Waals surface area contributed by atoms with Crippen LogP contribution in [-0.2, 0) is 0 Å². The number of benzene rings is 2. The first-order chi connectivity index (χ1) is 14.0. The number of imidazole rings is 1. The van der Waals surface area contributed by atoms with E-state index in [9.17, 15) is 9.18 Å². The highest BCUT2D eigenvalue weighted by atomic mass is 19.1. The van der Waals surface area contributed by atoms with Crippen LogP contribution in [0.15, 0.2) is 64.2 Å². The summed E-state index contributed by atoms with van der Waals surface area (Å²) in [4.78, 5) is 22.1. The van der Waals surface area contributed by atoms with E-state index in [1.165, 1.54) is 12.1 Å². The molecule has 0 unspecified atom stereocenters. The highest BCUT2D eigenvalue weighted by Crippen LogP contribution is 2.26. The number of para-hydroxylation sites is 2. The topological polar surface area (TPSA) is 78.2 Å². The lowest BCUT2D eigenvalue weighted by molar-refractivity contribution is 0.431. The zero-order valence-electron chi connectivity index (χ0n) is 15.7. The first-order valence-corrected chi connectivity index (χ1v) is 9.15. The molecule has 0 spiro atoms. The van der Waals surface area contributed by atoms with E-state index < -0.39 is 0 Å². The van der Waals surface area contributed by atoms with Crippen LogP contribution in [0.5, 0.6) is 0 Å². The molecule has 0 fully saturated rings. The van der Waals surface area contributed by atoms with Gasteiger partial charge in [0.15, 0.2) is 5.69 Å². The Bertz CT molecular complexity index is 1410. The van der Waals surface area contributed by atoms with E-state index in [2.05, 4.69) is 15.1 Å². The zero-order valence-corrected chi connectivity index (χ0v) is 15.7. The average molecular weight is 389 g/mol. The summed E-state index contributed by atoms with van der Waals surface area (Å²) in [5.74, 6) is 0.0827. The van der Waals surface area contributed by atoms with Gasteiger partial charge in [-0.1, -0.05) is 17.3 Å². The van der Waals surface area contributed by atoms with E-state index in [0.29, 0.717) is 22.6 Å². The number of nitrogens with zero attached hydrogens (tertiary/aromatic N) is 5. The van der Waals surface area contributed by atoms with Crippen LogP contribution in [-0.4, -0.2) is 24.1 Å². The fraction of sp³-hybridized carbons (Fsp3) is 0.143. The molecule has 0 aliphatic carbocycles. The highest BCUT2D eigenvalue weighted by Gasteiger charge is 2.22. The van der Waals surface area contributed by atoms with Gasteiger partial charge in [-0.05, 0) is 50.2 Å². The Morgan fingerprint density at radius 2 is 1.76 bits per heavy atom. The van der Waals surface area contributed by atoms with Crippen molar-refractivity contribution in [2.45, 2.75) is 19.9 Å². The van der Waals surface area contributed by atoms with Crippen LogP contribution >= 0.6 is 0 Å². The predicted molar refractivity (Wildman–Crippen MR) is 106 cm³/mol. The van der Waals surface area contributed by atoms with Gasteiger partial charge in [0, 0.05) is 11.6 Å². The summed E-state index contributed by atoms with van der Waals surface area (Å²) >= 11 is 0. The minimum absolute atomic E-state index is 0.0439. The molecule has 0 saturated heterocycles. The lowest BCUT2D eigenvalue weighted by Gasteiger charge is -2.15. The lowest BCUT2D eigenvalue weighted by Crippen LogP contribution is -2.24. The van der Waals surface area contributed by atoms with Crippen LogP contribution in [0.2, 0.25) is 0 Å². The molecule has 5 aromatic rings. The molecule has 0 radical (unpaired) electrons. The summed E-state index contributed by atoms with van der Waals surface area (Å²) in [7, 11) is 0. The minimum atomic E-state index is -0.348. The highest BCUT2D eigenvalue weighted by molar-refractivity contribution is 5.83. The van der Waals surface area contributed by atoms with Gasteiger partial charge >= 0.3 is 0 Å². The lowest BCUT2D eigenvalue weighted by atomic mass is 10.2. The van der Waals surface area contributed by atoms with E-state index in [-0.39, 0.29) is 23.3 Å². The SMILES string of the molecule is CC(C)n1c(=O)c2c(-c3nc(-c4ccc(F)cc4)no3)ncn2c2ccccc21. The van der Waals surface area contributed by atoms with Gasteiger partial charge in [-0.15, -0.1) is 0 Å². The second-order valence-electron chi connectivity index (χ2n) is 7.00. The van der Waals surface area contributed by atoms with Crippen LogP contribution in [0.25, 0.3) is 39.5 Å². The zero-order chi connectivity index (χ0) is 20.1. The number of hydrogen-bond donors (Lipinski definition) is 0. The molecule has 3 aromatic heterocycles. The first kappa shape index (κ1) is 17.3. The van der Waals surface area contributed by atoms with Gasteiger partial charge < -0.3 is 9.09 Å². The third-order valence-corrected chi connectivity index (χ3v) is 4.84. The molecule has 0 atom stereocenters. The molecule has 2 aromatic carbocycles. The smallest absolute Gasteiger partial charge is 0.279 e. The maximum atomic E-state index is 13.3. The van der Waals surface area contributed by atoms with Crippen molar-refractivity contribution in [3.05, 3.63) is 71.0 Å². The van der Waals surface area contributed by atoms with Gasteiger partial charge in [0.1, 0.15) is 17.7 Å². The van der Waals surface area contributed by atoms with Gasteiger partial charge in [-0.25, -0.2) is 9.37 Å². The number of hydrogen-bond acceptors (Lipinski definition) is 5. The van der Waals surface area contributed by atoms with Crippen LogP contribution in [0.1, 0.15) is 19.9 Å². The summed E-state index contributed by atoms with van der Waals surface area (Å²) in [6, 6.07) is 13.4. The van der Waals surface area contributed by atoms with Crippen molar-refractivity contribution in [2.24, 2.45) is 0 Å². The first-order valence-electron chi connectivity index (χ1n) is 9.15. The third-order valence-electron chi connectivity index (χ3n) is 4.84. The van der Waals surface area contributed by atoms with Gasteiger partial charge in [-0.2, -0.15) is 4.98 Å². The van der Waals surface area contributed by atoms with E-state index in [1.807, 2.05) is 38.1 Å². The van der Waals surface area contributed by atoms with Crippen molar-refractivity contribution in [3.8, 4) is 23.0 Å². The number of fused-ring (bicyclic) bond motifs is 3. The third kappa shape index (κ3) is 2.64. The molecule has 0 aliphatic rings. The summed E-state index contributed by atoms with van der Waals surface area (Å²) in [6.45, 7) is 3.92. The largest absolute Gasteiger partial charge is 0.332 e. The Labute approximate surface area is 164 Å². The summed E-state index contributed by atoms with van der Waals surface area (Å²) in [5.41, 5.74) is 2.78. The number of rotatable bonds is 3. The summed E-state index contributed by atoms with van der Waals surface area (Å²) in [5, 5.41) is 3.96. The van der Waals surface area contributed by atoms with Crippen LogP contribution < -0.4 is 5.56 Å². The molecule has 29 heavy (non-hydrogen) atoms. The molecule has 3 heterocycles. The Morgan fingerprint density at radius 1 is 1.03 bits per heavy atom. The van der Waals surface area contributed by atoms with Crippen LogP contribution in [0, 0.1) is 5.82 Å². The molecular weight excluding hydrogens is 373 g/mol. The number of halogens is 1. The Balaban J connectivity index is 1.75. The normalized spacial score (nSPS) is 11.7. The van der Waals surface area contributed by atoms with Crippen molar-refractivity contribution in [1.29, 1.82) is 0 Å². The molecule has 8 heteroatoms. The van der Waals surface area contributed by atoms with E-state index in [1.54, 1.807) is 27.4 Å². The number of aromatic nitrogens is 5. The van der Waals surface area contributed by atoms with Crippen LogP contribution in [0.3, 0.4) is 0 Å². The fourth-order valence-electron chi connectivity index (χ4n) is 3.54. The molecule has 5 rings (SSSR count). The molecule has 0 amide bonds. The maximum Gasteiger partial charge on any atom is 0.279 e. The van der Waals surface area contributed by atoms with Crippen molar-refractivity contribution >= 4 is 16.6 Å². The van der Waals surface area contributed by atoms with Crippen molar-refractivity contribution in [2.75, 3.05) is 0 Å². The fourth-order valence-corrected chi connectivity index (χ4v) is 3.54. The molecule has 144 valence electrons.